The minimum absolute atomic E-state index is 0.185. The number of benzene rings is 1. The molecule has 0 aliphatic heterocycles. The lowest BCUT2D eigenvalue weighted by atomic mass is 10.2. The van der Waals surface area contributed by atoms with Crippen molar-refractivity contribution < 1.29 is 13.9 Å². The molecular formula is C14H15ClFN3O2. The summed E-state index contributed by atoms with van der Waals surface area (Å²) in [6, 6.07) is 4.17. The zero-order valence-electron chi connectivity index (χ0n) is 11.7. The number of nitrogens with zero attached hydrogens (tertiary/aromatic N) is 2. The fourth-order valence-corrected chi connectivity index (χ4v) is 2.05. The molecule has 7 heteroatoms. The highest BCUT2D eigenvalue weighted by atomic mass is 35.5. The molecule has 0 bridgehead atoms. The number of halogens is 2. The molecule has 5 nitrogen and oxygen atoms in total. The number of carbonyl (C=O) groups excluding carboxylic acids is 1. The van der Waals surface area contributed by atoms with Crippen LogP contribution in [0.5, 0.6) is 0 Å². The van der Waals surface area contributed by atoms with Crippen molar-refractivity contribution in [1.82, 2.24) is 9.78 Å². The van der Waals surface area contributed by atoms with Crippen LogP contribution in [0.15, 0.2) is 18.2 Å². The van der Waals surface area contributed by atoms with E-state index in [9.17, 15) is 9.18 Å². The Balaban J connectivity index is 2.15. The first-order chi connectivity index (χ1) is 9.93. The van der Waals surface area contributed by atoms with Crippen molar-refractivity contribution in [3.8, 4) is 0 Å². The summed E-state index contributed by atoms with van der Waals surface area (Å²) < 4.78 is 20.2. The first kappa shape index (κ1) is 15.3. The smallest absolute Gasteiger partial charge is 0.359 e. The Bertz CT molecular complexity index is 685. The van der Waals surface area contributed by atoms with Crippen LogP contribution in [-0.4, -0.2) is 15.7 Å². The summed E-state index contributed by atoms with van der Waals surface area (Å²) in [5.41, 5.74) is 7.08. The first-order valence-electron chi connectivity index (χ1n) is 6.38. The van der Waals surface area contributed by atoms with Gasteiger partial charge in [0.2, 0.25) is 0 Å². The number of ether oxygens (including phenoxy) is 1. The van der Waals surface area contributed by atoms with E-state index < -0.39 is 11.8 Å². The molecule has 0 spiro atoms. The number of rotatable bonds is 4. The van der Waals surface area contributed by atoms with Crippen LogP contribution < -0.4 is 5.73 Å². The molecule has 0 fully saturated rings. The molecule has 0 aliphatic rings. The van der Waals surface area contributed by atoms with Crippen molar-refractivity contribution in [2.24, 2.45) is 0 Å². The third-order valence-electron chi connectivity index (χ3n) is 3.04. The normalized spacial score (nSPS) is 10.7. The molecule has 2 rings (SSSR count). The van der Waals surface area contributed by atoms with Crippen LogP contribution in [-0.2, 0) is 17.9 Å². The number of nitrogens with two attached hydrogens (primary N) is 1. The number of hydrogen-bond donors (Lipinski definition) is 1. The second-order valence-electron chi connectivity index (χ2n) is 4.48. The number of aryl methyl sites for hydroxylation is 2. The summed E-state index contributed by atoms with van der Waals surface area (Å²) in [6.07, 6.45) is 0. The minimum Gasteiger partial charge on any atom is -0.456 e. The predicted octanol–water partition coefficient (Wildman–Crippen LogP) is 2.94. The van der Waals surface area contributed by atoms with Crippen LogP contribution in [0.4, 0.5) is 10.1 Å². The molecule has 0 amide bonds. The summed E-state index contributed by atoms with van der Waals surface area (Å²) in [7, 11) is 0. The van der Waals surface area contributed by atoms with Crippen LogP contribution in [0, 0.1) is 12.7 Å². The number of aromatic nitrogens is 2. The van der Waals surface area contributed by atoms with E-state index in [0.29, 0.717) is 12.2 Å². The van der Waals surface area contributed by atoms with Crippen LogP contribution in [0.2, 0.25) is 5.02 Å². The lowest BCUT2D eigenvalue weighted by Crippen LogP contribution is -2.14. The van der Waals surface area contributed by atoms with Gasteiger partial charge in [-0.3, -0.25) is 4.68 Å². The molecule has 0 unspecified atom stereocenters. The fourth-order valence-electron chi connectivity index (χ4n) is 1.89. The maximum atomic E-state index is 13.6. The quantitative estimate of drug-likeness (QED) is 0.881. The van der Waals surface area contributed by atoms with Crippen LogP contribution in [0.1, 0.15) is 28.7 Å². The van der Waals surface area contributed by atoms with Crippen molar-refractivity contribution in [2.75, 3.05) is 5.73 Å². The molecule has 0 saturated heterocycles. The van der Waals surface area contributed by atoms with E-state index in [4.69, 9.17) is 22.1 Å². The van der Waals surface area contributed by atoms with Gasteiger partial charge in [-0.2, -0.15) is 5.10 Å². The Morgan fingerprint density at radius 1 is 1.52 bits per heavy atom. The predicted molar refractivity (Wildman–Crippen MR) is 77.6 cm³/mol. The summed E-state index contributed by atoms with van der Waals surface area (Å²) in [5.74, 6) is -1.16. The standard InChI is InChI=1S/C14H15ClFN3O2/c1-3-19-13(12(17)8(2)18-19)14(20)21-7-9-4-5-10(15)6-11(9)16/h4-6H,3,7,17H2,1-2H3. The maximum Gasteiger partial charge on any atom is 0.359 e. The molecule has 0 atom stereocenters. The molecule has 21 heavy (non-hydrogen) atoms. The monoisotopic (exact) mass is 311 g/mol. The number of anilines is 1. The van der Waals surface area contributed by atoms with Gasteiger partial charge in [0.05, 0.1) is 11.4 Å². The van der Waals surface area contributed by atoms with E-state index in [1.165, 1.54) is 22.9 Å². The Morgan fingerprint density at radius 2 is 2.24 bits per heavy atom. The second kappa shape index (κ2) is 6.13. The molecule has 1 aromatic carbocycles. The van der Waals surface area contributed by atoms with Gasteiger partial charge in [0.15, 0.2) is 5.69 Å². The maximum absolute atomic E-state index is 13.6. The van der Waals surface area contributed by atoms with E-state index in [1.54, 1.807) is 6.92 Å². The number of hydrogen-bond acceptors (Lipinski definition) is 4. The van der Waals surface area contributed by atoms with E-state index >= 15 is 0 Å². The SMILES string of the molecule is CCn1nc(C)c(N)c1C(=O)OCc1ccc(Cl)cc1F. The summed E-state index contributed by atoms with van der Waals surface area (Å²) in [5, 5.41) is 4.42. The molecule has 1 aromatic heterocycles. The largest absolute Gasteiger partial charge is 0.456 e. The molecule has 1 heterocycles. The third-order valence-corrected chi connectivity index (χ3v) is 3.28. The van der Waals surface area contributed by atoms with Crippen molar-refractivity contribution in [2.45, 2.75) is 27.0 Å². The molecular weight excluding hydrogens is 297 g/mol. The van der Waals surface area contributed by atoms with Gasteiger partial charge in [0, 0.05) is 17.1 Å². The van der Waals surface area contributed by atoms with E-state index in [-0.39, 0.29) is 28.6 Å². The van der Waals surface area contributed by atoms with Crippen molar-refractivity contribution in [3.05, 3.63) is 46.0 Å². The van der Waals surface area contributed by atoms with Gasteiger partial charge in [-0.25, -0.2) is 9.18 Å². The lowest BCUT2D eigenvalue weighted by Gasteiger charge is -2.08. The van der Waals surface area contributed by atoms with E-state index in [0.717, 1.165) is 0 Å². The molecule has 0 aliphatic carbocycles. The highest BCUT2D eigenvalue weighted by Crippen LogP contribution is 2.19. The minimum atomic E-state index is -0.635. The van der Waals surface area contributed by atoms with Gasteiger partial charge in [-0.05, 0) is 26.0 Å². The number of carbonyl (C=O) groups is 1. The molecule has 2 N–H and O–H groups in total. The van der Waals surface area contributed by atoms with Gasteiger partial charge in [0.25, 0.3) is 0 Å². The van der Waals surface area contributed by atoms with Gasteiger partial charge >= 0.3 is 5.97 Å². The summed E-state index contributed by atoms with van der Waals surface area (Å²) >= 11 is 5.66. The van der Waals surface area contributed by atoms with Gasteiger partial charge in [-0.1, -0.05) is 17.7 Å². The van der Waals surface area contributed by atoms with Crippen molar-refractivity contribution in [3.63, 3.8) is 0 Å². The molecule has 112 valence electrons. The number of esters is 1. The highest BCUT2D eigenvalue weighted by Gasteiger charge is 2.20. The Labute approximate surface area is 126 Å². The Kier molecular flexibility index (Phi) is 4.47. The average Bonchev–Trinajstić information content (AvgIpc) is 2.73. The average molecular weight is 312 g/mol. The van der Waals surface area contributed by atoms with Gasteiger partial charge in [0.1, 0.15) is 12.4 Å². The summed E-state index contributed by atoms with van der Waals surface area (Å²) in [6.45, 7) is 3.83. The second-order valence-corrected chi connectivity index (χ2v) is 4.91. The Hall–Kier alpha value is -2.08. The Morgan fingerprint density at radius 3 is 2.86 bits per heavy atom. The van der Waals surface area contributed by atoms with Crippen molar-refractivity contribution in [1.29, 1.82) is 0 Å². The van der Waals surface area contributed by atoms with E-state index in [1.807, 2.05) is 6.92 Å². The highest BCUT2D eigenvalue weighted by molar-refractivity contribution is 6.30. The fraction of sp³-hybridized carbons (Fsp3) is 0.286. The van der Waals surface area contributed by atoms with Crippen LogP contribution >= 0.6 is 11.6 Å². The lowest BCUT2D eigenvalue weighted by molar-refractivity contribution is 0.0456. The van der Waals surface area contributed by atoms with E-state index in [2.05, 4.69) is 5.10 Å². The van der Waals surface area contributed by atoms with Crippen LogP contribution in [0.3, 0.4) is 0 Å². The van der Waals surface area contributed by atoms with Crippen LogP contribution in [0.25, 0.3) is 0 Å². The zero-order chi connectivity index (χ0) is 15.6. The molecule has 2 aromatic rings. The zero-order valence-corrected chi connectivity index (χ0v) is 12.4. The molecule has 0 radical (unpaired) electrons. The topological polar surface area (TPSA) is 70.1 Å². The van der Waals surface area contributed by atoms with Gasteiger partial charge < -0.3 is 10.5 Å². The number of nitrogen functional groups attached to an aromatic ring is 1. The van der Waals surface area contributed by atoms with Gasteiger partial charge in [-0.15, -0.1) is 0 Å². The first-order valence-corrected chi connectivity index (χ1v) is 6.75. The molecule has 0 saturated carbocycles. The third kappa shape index (κ3) is 3.16. The van der Waals surface area contributed by atoms with Crippen molar-refractivity contribution >= 4 is 23.3 Å². The summed E-state index contributed by atoms with van der Waals surface area (Å²) in [4.78, 5) is 12.1.